The number of hydrogen-bond donors (Lipinski definition) is 4. The summed E-state index contributed by atoms with van der Waals surface area (Å²) in [5.41, 5.74) is 3.07. The molecule has 0 saturated carbocycles. The fourth-order valence-electron chi connectivity index (χ4n) is 5.01. The normalized spacial score (nSPS) is 16.3. The van der Waals surface area contributed by atoms with Crippen LogP contribution in [-0.4, -0.2) is 46.5 Å². The molecule has 1 aromatic heterocycles. The number of nitrogens with one attached hydrogen (secondary N) is 4. The lowest BCUT2D eigenvalue weighted by molar-refractivity contribution is -0.122. The average Bonchev–Trinajstić information content (AvgIpc) is 3.39. The van der Waals surface area contributed by atoms with Crippen molar-refractivity contribution in [1.29, 1.82) is 0 Å². The van der Waals surface area contributed by atoms with Crippen LogP contribution >= 0.6 is 0 Å². The second-order valence-electron chi connectivity index (χ2n) is 9.97. The second kappa shape index (κ2) is 12.9. The van der Waals surface area contributed by atoms with Crippen LogP contribution in [-0.2, 0) is 29.0 Å². The van der Waals surface area contributed by atoms with Crippen molar-refractivity contribution in [3.8, 4) is 5.69 Å². The Kier molecular flexibility index (Phi) is 9.42. The number of halogens is 2. The lowest BCUT2D eigenvalue weighted by Crippen LogP contribution is -2.48. The van der Waals surface area contributed by atoms with Crippen LogP contribution in [0.3, 0.4) is 0 Å². The highest BCUT2D eigenvalue weighted by atomic mass is 19.1. The first-order valence-electron chi connectivity index (χ1n) is 13.4. The van der Waals surface area contributed by atoms with Gasteiger partial charge in [0.2, 0.25) is 11.8 Å². The van der Waals surface area contributed by atoms with Gasteiger partial charge in [-0.15, -0.1) is 0 Å². The van der Waals surface area contributed by atoms with E-state index in [4.69, 9.17) is 0 Å². The Hall–Kier alpha value is -3.63. The Bertz CT molecular complexity index is 1310. The Morgan fingerprint density at radius 1 is 1.18 bits per heavy atom. The molecular weight excluding hydrogens is 502 g/mol. The van der Waals surface area contributed by atoms with Crippen LogP contribution in [0, 0.1) is 11.6 Å². The zero-order valence-corrected chi connectivity index (χ0v) is 22.6. The lowest BCUT2D eigenvalue weighted by Gasteiger charge is -2.29. The highest BCUT2D eigenvalue weighted by Crippen LogP contribution is 2.26. The predicted molar refractivity (Wildman–Crippen MR) is 147 cm³/mol. The van der Waals surface area contributed by atoms with E-state index >= 15 is 0 Å². The molecule has 4 rings (SSSR count). The first-order valence-corrected chi connectivity index (χ1v) is 13.4. The monoisotopic (exact) mass is 538 g/mol. The van der Waals surface area contributed by atoms with Crippen LogP contribution in [0.5, 0.6) is 0 Å². The third-order valence-electron chi connectivity index (χ3n) is 7.14. The maximum absolute atomic E-state index is 14.4. The summed E-state index contributed by atoms with van der Waals surface area (Å²) in [4.78, 5) is 29.4. The number of likely N-dealkylation sites (N-methyl/N-ethyl adjacent to an activating group) is 1. The molecule has 10 heteroatoms. The molecule has 1 unspecified atom stereocenters. The van der Waals surface area contributed by atoms with Crippen molar-refractivity contribution in [2.75, 3.05) is 12.4 Å². The molecule has 3 atom stereocenters. The van der Waals surface area contributed by atoms with Crippen LogP contribution in [0.2, 0.25) is 0 Å². The first-order chi connectivity index (χ1) is 18.8. The standard InChI is InChI=1S/C29H36F2N6O2/c1-4-7-25(35-22-11-10-19-12-21(30)13-24(31)23(19)14-22)29(39)36-27-16-37(17-34-27)26-9-6-5-8-20(26)15-33-18(2)28(38)32-3/h5-6,8-9,12-13,16-18,22,25,33,35H,4,7,10-11,14-15H2,1-3H3,(H,32,38)(H,36,39)/t18-,22-,25?/m0/s1. The summed E-state index contributed by atoms with van der Waals surface area (Å²) in [6, 6.07) is 9.17. The average molecular weight is 539 g/mol. The van der Waals surface area contributed by atoms with Gasteiger partial charge in [0, 0.05) is 25.7 Å². The maximum Gasteiger partial charge on any atom is 0.242 e. The number of imidazole rings is 1. The number of aryl methyl sites for hydroxylation is 1. The van der Waals surface area contributed by atoms with Crippen molar-refractivity contribution in [1.82, 2.24) is 25.5 Å². The quantitative estimate of drug-likeness (QED) is 0.299. The SMILES string of the molecule is CCCC(N[C@H]1CCc2cc(F)cc(F)c2C1)C(=O)Nc1cn(-c2ccccc2CN[C@@H](C)C(=O)NC)cn1. The van der Waals surface area contributed by atoms with Crippen LogP contribution in [0.1, 0.15) is 49.8 Å². The smallest absolute Gasteiger partial charge is 0.242 e. The molecule has 208 valence electrons. The van der Waals surface area contributed by atoms with E-state index in [9.17, 15) is 18.4 Å². The molecule has 0 aliphatic heterocycles. The minimum atomic E-state index is -0.558. The number of carbonyl (C=O) groups excluding carboxylic acids is 2. The fraction of sp³-hybridized carbons (Fsp3) is 0.414. The Morgan fingerprint density at radius 2 is 1.97 bits per heavy atom. The molecule has 8 nitrogen and oxygen atoms in total. The summed E-state index contributed by atoms with van der Waals surface area (Å²) in [6.07, 6.45) is 6.45. The zero-order valence-electron chi connectivity index (χ0n) is 22.6. The van der Waals surface area contributed by atoms with E-state index in [2.05, 4.69) is 26.3 Å². The molecule has 0 radical (unpaired) electrons. The van der Waals surface area contributed by atoms with Gasteiger partial charge < -0.3 is 25.8 Å². The van der Waals surface area contributed by atoms with E-state index in [1.807, 2.05) is 35.8 Å². The van der Waals surface area contributed by atoms with Gasteiger partial charge in [0.15, 0.2) is 5.82 Å². The number of fused-ring (bicyclic) bond motifs is 1. The Balaban J connectivity index is 1.41. The molecule has 2 amide bonds. The van der Waals surface area contributed by atoms with Gasteiger partial charge in [0.25, 0.3) is 0 Å². The van der Waals surface area contributed by atoms with Gasteiger partial charge in [-0.05, 0) is 61.4 Å². The molecule has 0 spiro atoms. The molecule has 2 aromatic carbocycles. The van der Waals surface area contributed by atoms with E-state index in [1.54, 1.807) is 26.5 Å². The minimum absolute atomic E-state index is 0.0890. The number of benzene rings is 2. The molecule has 0 bridgehead atoms. The zero-order chi connectivity index (χ0) is 27.9. The van der Waals surface area contributed by atoms with Crippen molar-refractivity contribution in [2.24, 2.45) is 0 Å². The number of anilines is 1. The van der Waals surface area contributed by atoms with E-state index in [0.717, 1.165) is 23.7 Å². The number of nitrogens with zero attached hydrogens (tertiary/aromatic N) is 2. The van der Waals surface area contributed by atoms with Crippen molar-refractivity contribution in [2.45, 2.75) is 70.6 Å². The summed E-state index contributed by atoms with van der Waals surface area (Å²) >= 11 is 0. The lowest BCUT2D eigenvalue weighted by atomic mass is 9.87. The summed E-state index contributed by atoms with van der Waals surface area (Å²) in [5.74, 6) is -0.969. The van der Waals surface area contributed by atoms with Crippen molar-refractivity contribution < 1.29 is 18.4 Å². The van der Waals surface area contributed by atoms with Crippen molar-refractivity contribution >= 4 is 17.6 Å². The third-order valence-corrected chi connectivity index (χ3v) is 7.14. The van der Waals surface area contributed by atoms with Gasteiger partial charge in [-0.2, -0.15) is 0 Å². The van der Waals surface area contributed by atoms with Gasteiger partial charge in [-0.3, -0.25) is 9.59 Å². The van der Waals surface area contributed by atoms with Gasteiger partial charge in [-0.25, -0.2) is 13.8 Å². The van der Waals surface area contributed by atoms with Gasteiger partial charge >= 0.3 is 0 Å². The minimum Gasteiger partial charge on any atom is -0.358 e. The van der Waals surface area contributed by atoms with Gasteiger partial charge in [-0.1, -0.05) is 31.5 Å². The number of carbonyl (C=O) groups is 2. The van der Waals surface area contributed by atoms with Crippen molar-refractivity contribution in [3.63, 3.8) is 0 Å². The Labute approximate surface area is 227 Å². The number of amides is 2. The number of aromatic nitrogens is 2. The third kappa shape index (κ3) is 7.07. The Morgan fingerprint density at radius 3 is 2.74 bits per heavy atom. The van der Waals surface area contributed by atoms with Crippen LogP contribution in [0.15, 0.2) is 48.9 Å². The van der Waals surface area contributed by atoms with Gasteiger partial charge in [0.05, 0.1) is 24.0 Å². The van der Waals surface area contributed by atoms with Gasteiger partial charge in [0.1, 0.15) is 18.0 Å². The highest BCUT2D eigenvalue weighted by Gasteiger charge is 2.27. The van der Waals surface area contributed by atoms with Crippen LogP contribution < -0.4 is 21.3 Å². The number of rotatable bonds is 11. The molecule has 0 fully saturated rings. The molecule has 4 N–H and O–H groups in total. The predicted octanol–water partition coefficient (Wildman–Crippen LogP) is 3.63. The number of para-hydroxylation sites is 1. The molecule has 3 aromatic rings. The summed E-state index contributed by atoms with van der Waals surface area (Å²) < 4.78 is 29.8. The topological polar surface area (TPSA) is 100 Å². The molecule has 0 saturated heterocycles. The van der Waals surface area contributed by atoms with Crippen LogP contribution in [0.25, 0.3) is 5.69 Å². The van der Waals surface area contributed by atoms with E-state index in [0.29, 0.717) is 49.2 Å². The molecule has 1 aliphatic rings. The molecular formula is C29H36F2N6O2. The summed E-state index contributed by atoms with van der Waals surface area (Å²) in [7, 11) is 1.60. The van der Waals surface area contributed by atoms with Crippen molar-refractivity contribution in [3.05, 3.63) is 77.2 Å². The maximum atomic E-state index is 14.4. The van der Waals surface area contributed by atoms with E-state index in [1.165, 1.54) is 6.07 Å². The molecule has 1 aliphatic carbocycles. The summed E-state index contributed by atoms with van der Waals surface area (Å²) in [6.45, 7) is 4.28. The fourth-order valence-corrected chi connectivity index (χ4v) is 5.01. The number of hydrogen-bond acceptors (Lipinski definition) is 5. The highest BCUT2D eigenvalue weighted by molar-refractivity contribution is 5.94. The largest absolute Gasteiger partial charge is 0.358 e. The second-order valence-corrected chi connectivity index (χ2v) is 9.97. The summed E-state index contributed by atoms with van der Waals surface area (Å²) in [5, 5.41) is 12.2. The van der Waals surface area contributed by atoms with Crippen LogP contribution in [0.4, 0.5) is 14.6 Å². The van der Waals surface area contributed by atoms with E-state index in [-0.39, 0.29) is 23.9 Å². The molecule has 1 heterocycles. The van der Waals surface area contributed by atoms with E-state index < -0.39 is 17.7 Å². The first kappa shape index (κ1) is 28.4. The molecule has 39 heavy (non-hydrogen) atoms.